The van der Waals surface area contributed by atoms with E-state index >= 15 is 0 Å². The molecular weight excluding hydrogens is 314 g/mol. The number of amides is 1. The van der Waals surface area contributed by atoms with Crippen molar-refractivity contribution in [3.8, 4) is 5.75 Å². The average molecular weight is 340 g/mol. The Kier molecular flexibility index (Phi) is 7.15. The number of halogens is 1. The molecule has 128 valence electrons. The van der Waals surface area contributed by atoms with Crippen LogP contribution < -0.4 is 10.1 Å². The van der Waals surface area contributed by atoms with Crippen molar-refractivity contribution in [2.45, 2.75) is 19.4 Å². The number of nitrogens with zero attached hydrogens (tertiary/aromatic N) is 2. The van der Waals surface area contributed by atoms with Crippen molar-refractivity contribution < 1.29 is 9.53 Å². The van der Waals surface area contributed by atoms with E-state index < -0.39 is 6.10 Å². The van der Waals surface area contributed by atoms with Crippen LogP contribution >= 0.6 is 11.6 Å². The molecule has 1 aromatic carbocycles. The summed E-state index contributed by atoms with van der Waals surface area (Å²) in [6.45, 7) is 7.93. The van der Waals surface area contributed by atoms with Gasteiger partial charge in [0.05, 0.1) is 0 Å². The van der Waals surface area contributed by atoms with Crippen LogP contribution in [0.3, 0.4) is 0 Å². The smallest absolute Gasteiger partial charge is 0.260 e. The molecule has 1 aliphatic heterocycles. The van der Waals surface area contributed by atoms with Gasteiger partial charge in [0.2, 0.25) is 0 Å². The van der Waals surface area contributed by atoms with Gasteiger partial charge in [0.25, 0.3) is 5.91 Å². The minimum atomic E-state index is -0.514. The summed E-state index contributed by atoms with van der Waals surface area (Å²) in [5.41, 5.74) is 0. The quantitative estimate of drug-likeness (QED) is 0.770. The van der Waals surface area contributed by atoms with E-state index in [9.17, 15) is 4.79 Å². The molecule has 1 amide bonds. The lowest BCUT2D eigenvalue weighted by atomic mass is 10.3. The number of benzene rings is 1. The Hall–Kier alpha value is -1.30. The monoisotopic (exact) mass is 339 g/mol. The predicted molar refractivity (Wildman–Crippen MR) is 93.1 cm³/mol. The van der Waals surface area contributed by atoms with E-state index in [0.717, 1.165) is 39.1 Å². The van der Waals surface area contributed by atoms with Crippen molar-refractivity contribution in [2.75, 3.05) is 46.3 Å². The Morgan fingerprint density at radius 2 is 1.91 bits per heavy atom. The van der Waals surface area contributed by atoms with Gasteiger partial charge in [-0.1, -0.05) is 11.6 Å². The number of hydrogen-bond acceptors (Lipinski definition) is 4. The summed E-state index contributed by atoms with van der Waals surface area (Å²) in [7, 11) is 2.15. The van der Waals surface area contributed by atoms with Crippen LogP contribution in [0.4, 0.5) is 0 Å². The highest BCUT2D eigenvalue weighted by molar-refractivity contribution is 6.30. The zero-order chi connectivity index (χ0) is 16.7. The fraction of sp³-hybridized carbons (Fsp3) is 0.588. The Morgan fingerprint density at radius 3 is 2.57 bits per heavy atom. The van der Waals surface area contributed by atoms with E-state index in [4.69, 9.17) is 16.3 Å². The molecule has 1 aliphatic rings. The summed E-state index contributed by atoms with van der Waals surface area (Å²) in [6.07, 6.45) is 0.447. The molecule has 1 N–H and O–H groups in total. The first-order valence-electron chi connectivity index (χ1n) is 8.15. The van der Waals surface area contributed by atoms with E-state index in [0.29, 0.717) is 17.3 Å². The molecule has 23 heavy (non-hydrogen) atoms. The maximum absolute atomic E-state index is 12.0. The first kappa shape index (κ1) is 18.0. The van der Waals surface area contributed by atoms with Crippen LogP contribution in [-0.2, 0) is 4.79 Å². The third kappa shape index (κ3) is 6.37. The van der Waals surface area contributed by atoms with Crippen LogP contribution in [0.25, 0.3) is 0 Å². The molecule has 1 saturated heterocycles. The second kappa shape index (κ2) is 9.11. The summed E-state index contributed by atoms with van der Waals surface area (Å²) in [5, 5.41) is 3.59. The Labute approximate surface area is 143 Å². The number of likely N-dealkylation sites (N-methyl/N-ethyl adjacent to an activating group) is 1. The van der Waals surface area contributed by atoms with Crippen LogP contribution in [0.5, 0.6) is 5.75 Å². The number of nitrogens with one attached hydrogen (secondary N) is 1. The summed E-state index contributed by atoms with van der Waals surface area (Å²) in [4.78, 5) is 16.8. The van der Waals surface area contributed by atoms with Gasteiger partial charge in [-0.05, 0) is 51.2 Å². The highest BCUT2D eigenvalue weighted by atomic mass is 35.5. The van der Waals surface area contributed by atoms with Gasteiger partial charge in [0.15, 0.2) is 6.10 Å². The van der Waals surface area contributed by atoms with Crippen molar-refractivity contribution in [1.82, 2.24) is 15.1 Å². The summed E-state index contributed by atoms with van der Waals surface area (Å²) in [6, 6.07) is 7.02. The van der Waals surface area contributed by atoms with E-state index in [-0.39, 0.29) is 5.91 Å². The Morgan fingerprint density at radius 1 is 1.26 bits per heavy atom. The standard InChI is InChI=1S/C17H26ClN3O2/c1-14(23-16-6-4-15(18)5-7-16)17(22)19-8-3-9-21-12-10-20(2)11-13-21/h4-7,14H,3,8-13H2,1-2H3,(H,19,22)/t14-/m1/s1. The molecule has 0 unspecified atom stereocenters. The van der Waals surface area contributed by atoms with Crippen molar-refractivity contribution in [3.63, 3.8) is 0 Å². The van der Waals surface area contributed by atoms with Gasteiger partial charge < -0.3 is 19.9 Å². The first-order valence-corrected chi connectivity index (χ1v) is 8.53. The van der Waals surface area contributed by atoms with Crippen molar-refractivity contribution >= 4 is 17.5 Å². The number of carbonyl (C=O) groups is 1. The van der Waals surface area contributed by atoms with Gasteiger partial charge in [0, 0.05) is 37.7 Å². The lowest BCUT2D eigenvalue weighted by molar-refractivity contribution is -0.127. The molecule has 5 nitrogen and oxygen atoms in total. The second-order valence-corrected chi connectivity index (χ2v) is 6.44. The molecule has 1 atom stereocenters. The van der Waals surface area contributed by atoms with E-state index in [1.54, 1.807) is 31.2 Å². The number of rotatable bonds is 7. The first-order chi connectivity index (χ1) is 11.0. The number of hydrogen-bond donors (Lipinski definition) is 1. The molecule has 0 aromatic heterocycles. The number of carbonyl (C=O) groups excluding carboxylic acids is 1. The van der Waals surface area contributed by atoms with Crippen molar-refractivity contribution in [3.05, 3.63) is 29.3 Å². The van der Waals surface area contributed by atoms with Crippen LogP contribution in [0.15, 0.2) is 24.3 Å². The van der Waals surface area contributed by atoms with E-state index in [1.807, 2.05) is 0 Å². The van der Waals surface area contributed by atoms with Gasteiger partial charge in [-0.25, -0.2) is 0 Å². The zero-order valence-corrected chi connectivity index (χ0v) is 14.7. The molecule has 1 heterocycles. The SMILES string of the molecule is C[C@@H](Oc1ccc(Cl)cc1)C(=O)NCCCN1CCN(C)CC1. The molecule has 2 rings (SSSR count). The molecule has 6 heteroatoms. The fourth-order valence-corrected chi connectivity index (χ4v) is 2.63. The van der Waals surface area contributed by atoms with Gasteiger partial charge in [-0.2, -0.15) is 0 Å². The van der Waals surface area contributed by atoms with Crippen LogP contribution in [-0.4, -0.2) is 68.1 Å². The average Bonchev–Trinajstić information content (AvgIpc) is 2.55. The Balaban J connectivity index is 1.61. The van der Waals surface area contributed by atoms with Gasteiger partial charge in [0.1, 0.15) is 5.75 Å². The van der Waals surface area contributed by atoms with Crippen LogP contribution in [0.2, 0.25) is 5.02 Å². The normalized spacial score (nSPS) is 17.7. The molecule has 0 saturated carbocycles. The van der Waals surface area contributed by atoms with E-state index in [1.165, 1.54) is 0 Å². The summed E-state index contributed by atoms with van der Waals surface area (Å²) >= 11 is 5.83. The van der Waals surface area contributed by atoms with Gasteiger partial charge in [-0.3, -0.25) is 4.79 Å². The van der Waals surface area contributed by atoms with Crippen LogP contribution in [0, 0.1) is 0 Å². The minimum absolute atomic E-state index is 0.0849. The van der Waals surface area contributed by atoms with Crippen molar-refractivity contribution in [2.24, 2.45) is 0 Å². The Bertz CT molecular complexity index is 487. The van der Waals surface area contributed by atoms with Gasteiger partial charge in [-0.15, -0.1) is 0 Å². The largest absolute Gasteiger partial charge is 0.481 e. The summed E-state index contributed by atoms with van der Waals surface area (Å²) < 4.78 is 5.60. The predicted octanol–water partition coefficient (Wildman–Crippen LogP) is 1.86. The molecule has 0 spiro atoms. The van der Waals surface area contributed by atoms with Crippen molar-refractivity contribution in [1.29, 1.82) is 0 Å². The lowest BCUT2D eigenvalue weighted by Gasteiger charge is -2.32. The zero-order valence-electron chi connectivity index (χ0n) is 13.9. The number of piperazine rings is 1. The molecule has 1 fully saturated rings. The second-order valence-electron chi connectivity index (χ2n) is 6.00. The minimum Gasteiger partial charge on any atom is -0.481 e. The van der Waals surface area contributed by atoms with Gasteiger partial charge >= 0.3 is 0 Å². The van der Waals surface area contributed by atoms with E-state index in [2.05, 4.69) is 22.2 Å². The maximum atomic E-state index is 12.0. The van der Waals surface area contributed by atoms with Crippen LogP contribution in [0.1, 0.15) is 13.3 Å². The molecule has 0 radical (unpaired) electrons. The highest BCUT2D eigenvalue weighted by Gasteiger charge is 2.15. The lowest BCUT2D eigenvalue weighted by Crippen LogP contribution is -2.45. The third-order valence-corrected chi connectivity index (χ3v) is 4.29. The maximum Gasteiger partial charge on any atom is 0.260 e. The fourth-order valence-electron chi connectivity index (χ4n) is 2.50. The number of ether oxygens (including phenoxy) is 1. The highest BCUT2D eigenvalue weighted by Crippen LogP contribution is 2.16. The molecule has 1 aromatic rings. The third-order valence-electron chi connectivity index (χ3n) is 4.04. The molecular formula is C17H26ClN3O2. The molecule has 0 bridgehead atoms. The topological polar surface area (TPSA) is 44.8 Å². The molecule has 0 aliphatic carbocycles. The summed E-state index contributed by atoms with van der Waals surface area (Å²) in [5.74, 6) is 0.563.